The van der Waals surface area contributed by atoms with Gasteiger partial charge in [0.1, 0.15) is 0 Å². The summed E-state index contributed by atoms with van der Waals surface area (Å²) in [6.45, 7) is 2.36. The van der Waals surface area contributed by atoms with Crippen LogP contribution in [-0.4, -0.2) is 12.1 Å². The molecule has 0 radical (unpaired) electrons. The minimum Gasteiger partial charge on any atom is -0.311 e. The van der Waals surface area contributed by atoms with E-state index in [4.69, 9.17) is 0 Å². The lowest BCUT2D eigenvalue weighted by molar-refractivity contribution is 0.199. The summed E-state index contributed by atoms with van der Waals surface area (Å²) in [4.78, 5) is 0. The maximum Gasteiger partial charge on any atom is 0.0175 e. The van der Waals surface area contributed by atoms with E-state index in [-0.39, 0.29) is 0 Å². The van der Waals surface area contributed by atoms with Crippen LogP contribution >= 0.6 is 15.9 Å². The predicted molar refractivity (Wildman–Crippen MR) is 91.3 cm³/mol. The van der Waals surface area contributed by atoms with Crippen molar-refractivity contribution in [1.82, 2.24) is 5.32 Å². The lowest BCUT2D eigenvalue weighted by atomic mass is 9.79. The van der Waals surface area contributed by atoms with Gasteiger partial charge in [0, 0.05) is 16.6 Å². The number of benzene rings is 1. The Hall–Kier alpha value is -0.340. The molecule has 1 N–H and O–H groups in total. The predicted octanol–water partition coefficient (Wildman–Crippen LogP) is 4.79. The quantitative estimate of drug-likeness (QED) is 0.825. The molecule has 4 rings (SSSR count). The maximum absolute atomic E-state index is 3.97. The molecule has 3 fully saturated rings. The van der Waals surface area contributed by atoms with Crippen LogP contribution in [-0.2, 0) is 6.42 Å². The fourth-order valence-corrected chi connectivity index (χ4v) is 5.92. The lowest BCUT2D eigenvalue weighted by Crippen LogP contribution is -2.44. The Kier molecular flexibility index (Phi) is 3.87. The Labute approximate surface area is 137 Å². The number of rotatable bonds is 4. The van der Waals surface area contributed by atoms with Crippen LogP contribution in [0.2, 0.25) is 0 Å². The van der Waals surface area contributed by atoms with Crippen molar-refractivity contribution >= 4 is 15.9 Å². The second kappa shape index (κ2) is 5.70. The molecule has 1 aromatic rings. The Balaban J connectivity index is 1.35. The summed E-state index contributed by atoms with van der Waals surface area (Å²) in [5.41, 5.74) is 1.44. The zero-order valence-electron chi connectivity index (χ0n) is 12.9. The van der Waals surface area contributed by atoms with Crippen LogP contribution < -0.4 is 5.32 Å². The third-order valence-corrected chi connectivity index (χ3v) is 6.91. The smallest absolute Gasteiger partial charge is 0.0175 e. The molecule has 1 aromatic carbocycles. The van der Waals surface area contributed by atoms with E-state index in [9.17, 15) is 0 Å². The van der Waals surface area contributed by atoms with Crippen molar-refractivity contribution < 1.29 is 0 Å². The van der Waals surface area contributed by atoms with Crippen LogP contribution in [0.25, 0.3) is 0 Å². The van der Waals surface area contributed by atoms with E-state index in [0.717, 1.165) is 36.1 Å². The first-order valence-corrected chi connectivity index (χ1v) is 9.50. The molecule has 114 valence electrons. The molecule has 3 aliphatic rings. The second-order valence-corrected chi connectivity index (χ2v) is 8.57. The van der Waals surface area contributed by atoms with Crippen molar-refractivity contribution in [2.75, 3.05) is 0 Å². The van der Waals surface area contributed by atoms with E-state index in [2.05, 4.69) is 52.4 Å². The third-order valence-electron chi connectivity index (χ3n) is 6.38. The highest BCUT2D eigenvalue weighted by Gasteiger charge is 2.53. The summed E-state index contributed by atoms with van der Waals surface area (Å²) < 4.78 is 1.17. The fraction of sp³-hybridized carbons (Fsp3) is 0.684. The summed E-state index contributed by atoms with van der Waals surface area (Å²) >= 11 is 3.52. The number of hydrogen-bond donors (Lipinski definition) is 1. The van der Waals surface area contributed by atoms with E-state index >= 15 is 0 Å². The number of nitrogens with one attached hydrogen (secondary N) is 1. The van der Waals surface area contributed by atoms with E-state index in [1.165, 1.54) is 42.1 Å². The zero-order chi connectivity index (χ0) is 14.4. The van der Waals surface area contributed by atoms with Gasteiger partial charge in [-0.15, -0.1) is 0 Å². The van der Waals surface area contributed by atoms with E-state index in [1.807, 2.05) is 0 Å². The van der Waals surface area contributed by atoms with Crippen LogP contribution in [0.15, 0.2) is 28.7 Å². The molecular weight excluding hydrogens is 322 g/mol. The van der Waals surface area contributed by atoms with Crippen molar-refractivity contribution in [3.63, 3.8) is 0 Å². The van der Waals surface area contributed by atoms with Crippen molar-refractivity contribution in [1.29, 1.82) is 0 Å². The Morgan fingerprint density at radius 1 is 1.10 bits per heavy atom. The van der Waals surface area contributed by atoms with Gasteiger partial charge in [-0.1, -0.05) is 34.5 Å². The maximum atomic E-state index is 3.97. The van der Waals surface area contributed by atoms with Gasteiger partial charge >= 0.3 is 0 Å². The number of hydrogen-bond acceptors (Lipinski definition) is 1. The SMILES string of the molecule is CC(Cc1ccc(Br)cc1)NC1CC2CC1C1CCCC21. The van der Waals surface area contributed by atoms with E-state index in [0.29, 0.717) is 6.04 Å². The highest BCUT2D eigenvalue weighted by atomic mass is 79.9. The average molecular weight is 348 g/mol. The van der Waals surface area contributed by atoms with Gasteiger partial charge in [0.05, 0.1) is 0 Å². The minimum atomic E-state index is 0.593. The molecule has 0 aromatic heterocycles. The average Bonchev–Trinajstić information content (AvgIpc) is 3.13. The first kappa shape index (κ1) is 14.3. The van der Waals surface area contributed by atoms with Crippen molar-refractivity contribution in [2.24, 2.45) is 23.7 Å². The van der Waals surface area contributed by atoms with Gasteiger partial charge in [-0.3, -0.25) is 0 Å². The molecule has 1 nitrogen and oxygen atoms in total. The molecule has 3 saturated carbocycles. The molecule has 6 atom stereocenters. The van der Waals surface area contributed by atoms with Gasteiger partial charge in [0.15, 0.2) is 0 Å². The summed E-state index contributed by atoms with van der Waals surface area (Å²) in [6, 6.07) is 10.2. The van der Waals surface area contributed by atoms with Gasteiger partial charge < -0.3 is 5.32 Å². The highest BCUT2D eigenvalue weighted by Crippen LogP contribution is 2.58. The molecule has 2 bridgehead atoms. The van der Waals surface area contributed by atoms with Crippen LogP contribution in [0.4, 0.5) is 0 Å². The van der Waals surface area contributed by atoms with Gasteiger partial charge in [-0.25, -0.2) is 0 Å². The Morgan fingerprint density at radius 3 is 2.67 bits per heavy atom. The summed E-state index contributed by atoms with van der Waals surface area (Å²) in [6.07, 6.45) is 8.69. The van der Waals surface area contributed by atoms with Crippen LogP contribution in [0.1, 0.15) is 44.6 Å². The molecule has 2 heteroatoms. The molecule has 6 unspecified atom stereocenters. The molecule has 0 aliphatic heterocycles. The Bertz CT molecular complexity index is 497. The van der Waals surface area contributed by atoms with Crippen molar-refractivity contribution in [2.45, 2.75) is 57.5 Å². The minimum absolute atomic E-state index is 0.593. The molecule has 21 heavy (non-hydrogen) atoms. The topological polar surface area (TPSA) is 12.0 Å². The van der Waals surface area contributed by atoms with Crippen LogP contribution in [0.3, 0.4) is 0 Å². The van der Waals surface area contributed by atoms with Gasteiger partial charge in [-0.05, 0) is 80.4 Å². The Morgan fingerprint density at radius 2 is 1.86 bits per heavy atom. The number of fused-ring (bicyclic) bond motifs is 5. The van der Waals surface area contributed by atoms with Crippen LogP contribution in [0.5, 0.6) is 0 Å². The summed E-state index contributed by atoms with van der Waals surface area (Å²) in [5, 5.41) is 3.97. The molecule has 0 amide bonds. The summed E-state index contributed by atoms with van der Waals surface area (Å²) in [7, 11) is 0. The number of halogens is 1. The molecule has 0 saturated heterocycles. The van der Waals surface area contributed by atoms with E-state index < -0.39 is 0 Å². The monoisotopic (exact) mass is 347 g/mol. The van der Waals surface area contributed by atoms with Gasteiger partial charge in [0.25, 0.3) is 0 Å². The molecule has 0 spiro atoms. The van der Waals surface area contributed by atoms with Gasteiger partial charge in [0.2, 0.25) is 0 Å². The second-order valence-electron chi connectivity index (χ2n) is 7.66. The lowest BCUT2D eigenvalue weighted by Gasteiger charge is -2.34. The van der Waals surface area contributed by atoms with Gasteiger partial charge in [-0.2, -0.15) is 0 Å². The van der Waals surface area contributed by atoms with Crippen LogP contribution in [0, 0.1) is 23.7 Å². The zero-order valence-corrected chi connectivity index (χ0v) is 14.5. The molecular formula is C19H26BrN. The van der Waals surface area contributed by atoms with E-state index in [1.54, 1.807) is 0 Å². The largest absolute Gasteiger partial charge is 0.311 e. The fourth-order valence-electron chi connectivity index (χ4n) is 5.66. The normalized spacial score (nSPS) is 38.7. The standard InChI is InChI=1S/C19H26BrN/c1-12(9-13-5-7-15(20)8-6-13)21-19-11-14-10-18(19)17-4-2-3-16(14)17/h5-8,12,14,16-19,21H,2-4,9-11H2,1H3. The highest BCUT2D eigenvalue weighted by molar-refractivity contribution is 9.10. The van der Waals surface area contributed by atoms with Crippen molar-refractivity contribution in [3.8, 4) is 0 Å². The first-order valence-electron chi connectivity index (χ1n) is 8.71. The first-order chi connectivity index (χ1) is 10.2. The third kappa shape index (κ3) is 2.70. The molecule has 3 aliphatic carbocycles. The summed E-state index contributed by atoms with van der Waals surface area (Å²) in [5.74, 6) is 4.23. The molecule has 0 heterocycles. The van der Waals surface area contributed by atoms with Crippen molar-refractivity contribution in [3.05, 3.63) is 34.3 Å².